The molecule has 0 fully saturated rings. The molecule has 0 aliphatic heterocycles. The summed E-state index contributed by atoms with van der Waals surface area (Å²) >= 11 is 6.86. The number of aromatic hydroxyl groups is 1. The van der Waals surface area contributed by atoms with Crippen LogP contribution < -0.4 is 5.32 Å². The number of nitrogens with zero attached hydrogens (tertiary/aromatic N) is 1. The maximum Gasteiger partial charge on any atom is 0.342 e. The smallest absolute Gasteiger partial charge is 0.342 e. The number of halogens is 1. The number of thiazole rings is 1. The normalized spacial score (nSPS) is 10.2. The summed E-state index contributed by atoms with van der Waals surface area (Å²) in [6.07, 6.45) is -0.00804. The minimum Gasteiger partial charge on any atom is -0.507 e. The lowest BCUT2D eigenvalue weighted by atomic mass is 10.2. The van der Waals surface area contributed by atoms with Crippen LogP contribution in [-0.2, 0) is 25.5 Å². The Balaban J connectivity index is 1.87. The lowest BCUT2D eigenvalue weighted by Crippen LogP contribution is -2.21. The van der Waals surface area contributed by atoms with Gasteiger partial charge in [-0.25, -0.2) is 9.78 Å². The van der Waals surface area contributed by atoms with Crippen molar-refractivity contribution in [2.75, 3.05) is 19.0 Å². The minimum absolute atomic E-state index is 0.00804. The molecule has 1 aromatic carbocycles. The lowest BCUT2D eigenvalue weighted by Gasteiger charge is -2.06. The van der Waals surface area contributed by atoms with Gasteiger partial charge in [0.25, 0.3) is 5.91 Å². The Morgan fingerprint density at radius 1 is 1.36 bits per heavy atom. The second-order valence-electron chi connectivity index (χ2n) is 4.68. The molecule has 10 heteroatoms. The van der Waals surface area contributed by atoms with E-state index >= 15 is 0 Å². The number of rotatable bonds is 6. The highest BCUT2D eigenvalue weighted by molar-refractivity contribution is 7.13. The van der Waals surface area contributed by atoms with Crippen LogP contribution in [-0.4, -0.2) is 41.7 Å². The number of phenols is 1. The highest BCUT2D eigenvalue weighted by atomic mass is 35.5. The maximum absolute atomic E-state index is 11.8. The van der Waals surface area contributed by atoms with Gasteiger partial charge in [0.2, 0.25) is 0 Å². The molecule has 0 bridgehead atoms. The average Bonchev–Trinajstić information content (AvgIpc) is 3.01. The molecule has 1 aromatic heterocycles. The summed E-state index contributed by atoms with van der Waals surface area (Å²) in [6, 6.07) is 3.89. The number of anilines is 1. The second kappa shape index (κ2) is 8.45. The van der Waals surface area contributed by atoms with Crippen LogP contribution in [0.2, 0.25) is 5.02 Å². The van der Waals surface area contributed by atoms with E-state index in [1.165, 1.54) is 25.3 Å². The Kier molecular flexibility index (Phi) is 6.31. The highest BCUT2D eigenvalue weighted by Gasteiger charge is 2.16. The van der Waals surface area contributed by atoms with Gasteiger partial charge in [-0.3, -0.25) is 14.9 Å². The third kappa shape index (κ3) is 5.44. The number of esters is 2. The first-order chi connectivity index (χ1) is 11.9. The van der Waals surface area contributed by atoms with Crippen molar-refractivity contribution in [3.8, 4) is 5.75 Å². The van der Waals surface area contributed by atoms with Gasteiger partial charge in [0.15, 0.2) is 11.7 Å². The van der Waals surface area contributed by atoms with Crippen LogP contribution in [0.15, 0.2) is 23.6 Å². The Morgan fingerprint density at radius 2 is 2.12 bits per heavy atom. The average molecular weight is 385 g/mol. The van der Waals surface area contributed by atoms with Crippen LogP contribution in [0.4, 0.5) is 5.13 Å². The van der Waals surface area contributed by atoms with Crippen molar-refractivity contribution in [2.24, 2.45) is 0 Å². The van der Waals surface area contributed by atoms with Crippen molar-refractivity contribution in [3.05, 3.63) is 39.9 Å². The van der Waals surface area contributed by atoms with Crippen molar-refractivity contribution < 1.29 is 29.0 Å². The van der Waals surface area contributed by atoms with Crippen LogP contribution in [0, 0.1) is 0 Å². The molecule has 0 saturated carbocycles. The Morgan fingerprint density at radius 3 is 2.84 bits per heavy atom. The minimum atomic E-state index is -0.888. The lowest BCUT2D eigenvalue weighted by molar-refractivity contribution is -0.139. The first-order valence-electron chi connectivity index (χ1n) is 6.85. The number of ether oxygens (including phenoxy) is 2. The van der Waals surface area contributed by atoms with E-state index in [-0.39, 0.29) is 27.9 Å². The molecule has 0 radical (unpaired) electrons. The van der Waals surface area contributed by atoms with Crippen molar-refractivity contribution in [1.82, 2.24) is 4.98 Å². The number of carbonyl (C=O) groups excluding carboxylic acids is 3. The van der Waals surface area contributed by atoms with Gasteiger partial charge in [-0.15, -0.1) is 11.3 Å². The standard InChI is InChI=1S/C15H13ClN2O6S/c1-23-13(21)5-9-7-25-15(17-9)18-12(20)6-24-14(22)10-4-8(16)2-3-11(10)19/h2-4,7,19H,5-6H2,1H3,(H,17,18,20). The molecule has 1 amide bonds. The molecular formula is C15H13ClN2O6S. The van der Waals surface area contributed by atoms with Gasteiger partial charge in [0, 0.05) is 10.4 Å². The molecule has 2 rings (SSSR count). The number of methoxy groups -OCH3 is 1. The van der Waals surface area contributed by atoms with Gasteiger partial charge in [-0.05, 0) is 18.2 Å². The molecule has 0 unspecified atom stereocenters. The van der Waals surface area contributed by atoms with Crippen LogP contribution in [0.5, 0.6) is 5.75 Å². The first kappa shape index (κ1) is 18.7. The van der Waals surface area contributed by atoms with Crippen molar-refractivity contribution in [3.63, 3.8) is 0 Å². The molecule has 132 valence electrons. The highest BCUT2D eigenvalue weighted by Crippen LogP contribution is 2.22. The van der Waals surface area contributed by atoms with Crippen molar-refractivity contribution >= 4 is 45.9 Å². The largest absolute Gasteiger partial charge is 0.507 e. The van der Waals surface area contributed by atoms with E-state index in [9.17, 15) is 19.5 Å². The van der Waals surface area contributed by atoms with Crippen LogP contribution in [0.3, 0.4) is 0 Å². The van der Waals surface area contributed by atoms with Gasteiger partial charge < -0.3 is 14.6 Å². The monoisotopic (exact) mass is 384 g/mol. The van der Waals surface area contributed by atoms with Crippen LogP contribution >= 0.6 is 22.9 Å². The number of phenolic OH excluding ortho intramolecular Hbond substituents is 1. The summed E-state index contributed by atoms with van der Waals surface area (Å²) in [5, 5.41) is 14.1. The third-order valence-corrected chi connectivity index (χ3v) is 3.91. The number of hydrogen-bond donors (Lipinski definition) is 2. The van der Waals surface area contributed by atoms with E-state index in [1.54, 1.807) is 5.38 Å². The summed E-state index contributed by atoms with van der Waals surface area (Å²) in [5.74, 6) is -2.25. The number of nitrogens with one attached hydrogen (secondary N) is 1. The Hall–Kier alpha value is -2.65. The molecule has 0 saturated heterocycles. The van der Waals surface area contributed by atoms with E-state index in [0.29, 0.717) is 5.69 Å². The van der Waals surface area contributed by atoms with Gasteiger partial charge in [0.05, 0.1) is 19.2 Å². The summed E-state index contributed by atoms with van der Waals surface area (Å²) in [5.41, 5.74) is 0.308. The van der Waals surface area contributed by atoms with Crippen LogP contribution in [0.1, 0.15) is 16.1 Å². The van der Waals surface area contributed by atoms with E-state index in [0.717, 1.165) is 11.3 Å². The molecule has 2 aromatic rings. The zero-order valence-electron chi connectivity index (χ0n) is 12.9. The molecule has 0 atom stereocenters. The molecule has 0 aliphatic carbocycles. The number of benzene rings is 1. The molecule has 1 heterocycles. The zero-order chi connectivity index (χ0) is 18.4. The van der Waals surface area contributed by atoms with E-state index in [4.69, 9.17) is 16.3 Å². The molecular weight excluding hydrogens is 372 g/mol. The van der Waals surface area contributed by atoms with Gasteiger partial charge in [0.1, 0.15) is 11.3 Å². The summed E-state index contributed by atoms with van der Waals surface area (Å²) in [4.78, 5) is 38.8. The first-order valence-corrected chi connectivity index (χ1v) is 8.11. The van der Waals surface area contributed by atoms with Crippen LogP contribution in [0.25, 0.3) is 0 Å². The summed E-state index contributed by atoms with van der Waals surface area (Å²) in [6.45, 7) is -0.573. The fraction of sp³-hybridized carbons (Fsp3) is 0.200. The SMILES string of the molecule is COC(=O)Cc1csc(NC(=O)COC(=O)c2cc(Cl)ccc2O)n1. The number of hydrogen-bond acceptors (Lipinski definition) is 8. The Labute approximate surface area is 151 Å². The molecule has 0 aliphatic rings. The van der Waals surface area contributed by atoms with Crippen molar-refractivity contribution in [2.45, 2.75) is 6.42 Å². The fourth-order valence-electron chi connectivity index (χ4n) is 1.70. The topological polar surface area (TPSA) is 115 Å². The van der Waals surface area contributed by atoms with Gasteiger partial charge in [-0.2, -0.15) is 0 Å². The molecule has 2 N–H and O–H groups in total. The van der Waals surface area contributed by atoms with Crippen molar-refractivity contribution in [1.29, 1.82) is 0 Å². The molecule has 8 nitrogen and oxygen atoms in total. The Bertz CT molecular complexity index is 807. The summed E-state index contributed by atoms with van der Waals surface area (Å²) < 4.78 is 9.34. The molecule has 0 spiro atoms. The van der Waals surface area contributed by atoms with E-state index in [2.05, 4.69) is 15.0 Å². The zero-order valence-corrected chi connectivity index (χ0v) is 14.5. The summed E-state index contributed by atoms with van der Waals surface area (Å²) in [7, 11) is 1.27. The quantitative estimate of drug-likeness (QED) is 0.732. The number of aromatic nitrogens is 1. The maximum atomic E-state index is 11.8. The van der Waals surface area contributed by atoms with E-state index in [1.807, 2.05) is 0 Å². The third-order valence-electron chi connectivity index (χ3n) is 2.86. The van der Waals surface area contributed by atoms with Gasteiger partial charge in [-0.1, -0.05) is 11.6 Å². The predicted molar refractivity (Wildman–Crippen MR) is 89.9 cm³/mol. The number of carbonyl (C=O) groups is 3. The second-order valence-corrected chi connectivity index (χ2v) is 5.98. The van der Waals surface area contributed by atoms with Gasteiger partial charge >= 0.3 is 11.9 Å². The van der Waals surface area contributed by atoms with E-state index < -0.39 is 24.5 Å². The fourth-order valence-corrected chi connectivity index (χ4v) is 2.60. The molecule has 25 heavy (non-hydrogen) atoms. The predicted octanol–water partition coefficient (Wildman–Crippen LogP) is 2.01. The number of amides is 1.